The molecule has 1 amide bonds. The number of hydrogen-bond acceptors (Lipinski definition) is 5. The highest BCUT2D eigenvalue weighted by atomic mass is 19.1. The molecule has 0 radical (unpaired) electrons. The average Bonchev–Trinajstić information content (AvgIpc) is 3.40. The van der Waals surface area contributed by atoms with E-state index in [-0.39, 0.29) is 29.4 Å². The van der Waals surface area contributed by atoms with Gasteiger partial charge in [0.1, 0.15) is 23.0 Å². The second-order valence-corrected chi connectivity index (χ2v) is 7.05. The van der Waals surface area contributed by atoms with Crippen LogP contribution >= 0.6 is 0 Å². The SMILES string of the molecule is CC(C)c1cc([C@H]2CCCN2C(=O)c2cc(-c3ccc(F)cc3)no2)no1. The van der Waals surface area contributed by atoms with E-state index in [1.807, 2.05) is 19.9 Å². The Hall–Kier alpha value is -2.96. The molecule has 0 unspecified atom stereocenters. The van der Waals surface area contributed by atoms with E-state index in [0.29, 0.717) is 17.8 Å². The molecule has 1 atom stereocenters. The molecule has 0 saturated carbocycles. The number of rotatable bonds is 4. The van der Waals surface area contributed by atoms with Gasteiger partial charge in [0, 0.05) is 30.2 Å². The molecule has 3 heterocycles. The van der Waals surface area contributed by atoms with Crippen LogP contribution in [0.3, 0.4) is 0 Å². The molecule has 2 aromatic heterocycles. The van der Waals surface area contributed by atoms with Gasteiger partial charge in [0.15, 0.2) is 0 Å². The summed E-state index contributed by atoms with van der Waals surface area (Å²) in [6.45, 7) is 4.70. The van der Waals surface area contributed by atoms with Crippen molar-refractivity contribution in [2.45, 2.75) is 38.6 Å². The van der Waals surface area contributed by atoms with Crippen LogP contribution in [-0.2, 0) is 0 Å². The maximum absolute atomic E-state index is 13.1. The van der Waals surface area contributed by atoms with Gasteiger partial charge < -0.3 is 13.9 Å². The Bertz CT molecular complexity index is 946. The molecule has 1 aliphatic rings. The third-order valence-electron chi connectivity index (χ3n) is 4.83. The highest BCUT2D eigenvalue weighted by Gasteiger charge is 2.34. The lowest BCUT2D eigenvalue weighted by molar-refractivity contribution is 0.0688. The van der Waals surface area contributed by atoms with E-state index in [1.165, 1.54) is 12.1 Å². The first-order valence-electron chi connectivity index (χ1n) is 9.03. The van der Waals surface area contributed by atoms with Crippen LogP contribution in [0.25, 0.3) is 11.3 Å². The third kappa shape index (κ3) is 3.37. The van der Waals surface area contributed by atoms with E-state index >= 15 is 0 Å². The lowest BCUT2D eigenvalue weighted by Crippen LogP contribution is -2.30. The van der Waals surface area contributed by atoms with Crippen molar-refractivity contribution in [3.63, 3.8) is 0 Å². The number of nitrogens with zero attached hydrogens (tertiary/aromatic N) is 3. The number of likely N-dealkylation sites (tertiary alicyclic amines) is 1. The first kappa shape index (κ1) is 17.5. The molecule has 1 aromatic carbocycles. The average molecular weight is 369 g/mol. The minimum Gasteiger partial charge on any atom is -0.361 e. The number of carbonyl (C=O) groups is 1. The van der Waals surface area contributed by atoms with E-state index in [0.717, 1.165) is 24.3 Å². The van der Waals surface area contributed by atoms with Crippen molar-refractivity contribution >= 4 is 5.91 Å². The lowest BCUT2D eigenvalue weighted by atomic mass is 10.1. The molecular weight excluding hydrogens is 349 g/mol. The van der Waals surface area contributed by atoms with Crippen LogP contribution in [0, 0.1) is 5.82 Å². The zero-order chi connectivity index (χ0) is 19.0. The second-order valence-electron chi connectivity index (χ2n) is 7.05. The molecule has 1 aliphatic heterocycles. The Kier molecular flexibility index (Phi) is 4.51. The molecule has 27 heavy (non-hydrogen) atoms. The quantitative estimate of drug-likeness (QED) is 0.674. The fourth-order valence-corrected chi connectivity index (χ4v) is 3.32. The van der Waals surface area contributed by atoms with Gasteiger partial charge >= 0.3 is 0 Å². The van der Waals surface area contributed by atoms with Crippen molar-refractivity contribution in [1.29, 1.82) is 0 Å². The number of halogens is 1. The van der Waals surface area contributed by atoms with Gasteiger partial charge in [-0.25, -0.2) is 4.39 Å². The normalized spacial score (nSPS) is 17.0. The summed E-state index contributed by atoms with van der Waals surface area (Å²) in [5.41, 5.74) is 1.95. The summed E-state index contributed by atoms with van der Waals surface area (Å²) in [5.74, 6) is 0.653. The van der Waals surface area contributed by atoms with E-state index in [9.17, 15) is 9.18 Å². The van der Waals surface area contributed by atoms with Gasteiger partial charge in [0.25, 0.3) is 5.91 Å². The predicted molar refractivity (Wildman–Crippen MR) is 95.5 cm³/mol. The van der Waals surface area contributed by atoms with Crippen LogP contribution < -0.4 is 0 Å². The highest BCUT2D eigenvalue weighted by molar-refractivity contribution is 5.92. The lowest BCUT2D eigenvalue weighted by Gasteiger charge is -2.21. The summed E-state index contributed by atoms with van der Waals surface area (Å²) >= 11 is 0. The van der Waals surface area contributed by atoms with Gasteiger partial charge in [-0.15, -0.1) is 0 Å². The first-order valence-corrected chi connectivity index (χ1v) is 9.03. The van der Waals surface area contributed by atoms with Crippen LogP contribution in [0.1, 0.15) is 60.7 Å². The first-order chi connectivity index (χ1) is 13.0. The Morgan fingerprint density at radius 2 is 1.96 bits per heavy atom. The number of carbonyl (C=O) groups excluding carboxylic acids is 1. The second kappa shape index (κ2) is 6.98. The topological polar surface area (TPSA) is 72.4 Å². The Labute approximate surface area is 155 Å². The molecule has 0 bridgehead atoms. The number of hydrogen-bond donors (Lipinski definition) is 0. The summed E-state index contributed by atoms with van der Waals surface area (Å²) in [5, 5.41) is 8.11. The van der Waals surface area contributed by atoms with Crippen LogP contribution in [0.15, 0.2) is 45.4 Å². The smallest absolute Gasteiger partial charge is 0.293 e. The highest BCUT2D eigenvalue weighted by Crippen LogP contribution is 2.34. The van der Waals surface area contributed by atoms with Gasteiger partial charge in [-0.2, -0.15) is 0 Å². The zero-order valence-corrected chi connectivity index (χ0v) is 15.2. The van der Waals surface area contributed by atoms with Gasteiger partial charge in [0.2, 0.25) is 5.76 Å². The monoisotopic (exact) mass is 369 g/mol. The fraction of sp³-hybridized carbons (Fsp3) is 0.350. The van der Waals surface area contributed by atoms with E-state index in [2.05, 4.69) is 10.3 Å². The van der Waals surface area contributed by atoms with Gasteiger partial charge in [-0.3, -0.25) is 4.79 Å². The predicted octanol–water partition coefficient (Wildman–Crippen LogP) is 4.57. The molecule has 0 aliphatic carbocycles. The van der Waals surface area contributed by atoms with Gasteiger partial charge in [-0.05, 0) is 37.1 Å². The van der Waals surface area contributed by atoms with Crippen molar-refractivity contribution in [1.82, 2.24) is 15.2 Å². The molecule has 7 heteroatoms. The molecule has 1 fully saturated rings. The van der Waals surface area contributed by atoms with Crippen molar-refractivity contribution in [3.05, 3.63) is 59.4 Å². The number of benzene rings is 1. The van der Waals surface area contributed by atoms with Crippen LogP contribution in [0.5, 0.6) is 0 Å². The van der Waals surface area contributed by atoms with Crippen LogP contribution in [0.4, 0.5) is 4.39 Å². The zero-order valence-electron chi connectivity index (χ0n) is 15.2. The molecule has 4 rings (SSSR count). The van der Waals surface area contributed by atoms with Crippen molar-refractivity contribution in [2.24, 2.45) is 0 Å². The van der Waals surface area contributed by atoms with Gasteiger partial charge in [-0.1, -0.05) is 24.2 Å². The minimum atomic E-state index is -0.327. The molecule has 3 aromatic rings. The molecule has 140 valence electrons. The number of aromatic nitrogens is 2. The number of amides is 1. The molecular formula is C20H20FN3O3. The summed E-state index contributed by atoms with van der Waals surface area (Å²) in [6.07, 6.45) is 1.72. The minimum absolute atomic E-state index is 0.131. The third-order valence-corrected chi connectivity index (χ3v) is 4.83. The van der Waals surface area contributed by atoms with Gasteiger partial charge in [0.05, 0.1) is 6.04 Å². The Morgan fingerprint density at radius 3 is 2.67 bits per heavy atom. The van der Waals surface area contributed by atoms with Crippen molar-refractivity contribution < 1.29 is 18.2 Å². The van der Waals surface area contributed by atoms with Crippen molar-refractivity contribution in [3.8, 4) is 11.3 Å². The summed E-state index contributed by atoms with van der Waals surface area (Å²) in [4.78, 5) is 14.7. The molecule has 0 N–H and O–H groups in total. The standard InChI is InChI=1S/C20H20FN3O3/c1-12(2)18-11-16(23-26-18)17-4-3-9-24(17)20(25)19-10-15(22-27-19)13-5-7-14(21)8-6-13/h5-8,10-12,17H,3-4,9H2,1-2H3/t17-/m1/s1. The summed E-state index contributed by atoms with van der Waals surface area (Å²) in [7, 11) is 0. The fourth-order valence-electron chi connectivity index (χ4n) is 3.32. The van der Waals surface area contributed by atoms with E-state index in [1.54, 1.807) is 23.1 Å². The maximum atomic E-state index is 13.1. The van der Waals surface area contributed by atoms with E-state index in [4.69, 9.17) is 9.05 Å². The maximum Gasteiger partial charge on any atom is 0.293 e. The Morgan fingerprint density at radius 1 is 1.19 bits per heavy atom. The van der Waals surface area contributed by atoms with E-state index < -0.39 is 0 Å². The van der Waals surface area contributed by atoms with Crippen LogP contribution in [-0.4, -0.2) is 27.7 Å². The van der Waals surface area contributed by atoms with Crippen LogP contribution in [0.2, 0.25) is 0 Å². The molecule has 0 spiro atoms. The molecule has 1 saturated heterocycles. The summed E-state index contributed by atoms with van der Waals surface area (Å²) in [6, 6.07) is 9.27. The largest absolute Gasteiger partial charge is 0.361 e. The van der Waals surface area contributed by atoms with Crippen molar-refractivity contribution in [2.75, 3.05) is 6.54 Å². The Balaban J connectivity index is 1.55. The summed E-state index contributed by atoms with van der Waals surface area (Å²) < 4.78 is 23.7. The molecule has 6 nitrogen and oxygen atoms in total.